The molecule has 0 radical (unpaired) electrons. The lowest BCUT2D eigenvalue weighted by molar-refractivity contribution is -0.781. The Kier molecular flexibility index (Phi) is 5.71. The Morgan fingerprint density at radius 1 is 0.655 bits per heavy atom. The summed E-state index contributed by atoms with van der Waals surface area (Å²) in [4.78, 5) is 40.0. The molecule has 0 bridgehead atoms. The van der Waals surface area contributed by atoms with Crippen LogP contribution in [0.25, 0.3) is 0 Å². The van der Waals surface area contributed by atoms with E-state index in [2.05, 4.69) is 0 Å². The maximum Gasteiger partial charge on any atom is 0.513 e. The summed E-state index contributed by atoms with van der Waals surface area (Å²) in [6.07, 6.45) is 4.79. The van der Waals surface area contributed by atoms with Gasteiger partial charge in [0, 0.05) is 0 Å². The zero-order valence-corrected chi connectivity index (χ0v) is 16.8. The van der Waals surface area contributed by atoms with Crippen molar-refractivity contribution in [2.75, 3.05) is 0 Å². The van der Waals surface area contributed by atoms with Gasteiger partial charge in [-0.05, 0) is 41.9 Å². The summed E-state index contributed by atoms with van der Waals surface area (Å²) in [6, 6.07) is 0. The third-order valence-corrected chi connectivity index (χ3v) is 5.84. The maximum atomic E-state index is 11.2. The van der Waals surface area contributed by atoms with Gasteiger partial charge in [0.2, 0.25) is 0 Å². The molecule has 2 aliphatic rings. The van der Waals surface area contributed by atoms with E-state index in [1.54, 1.807) is 0 Å². The van der Waals surface area contributed by atoms with Gasteiger partial charge >= 0.3 is 11.3 Å². The van der Waals surface area contributed by atoms with Crippen molar-refractivity contribution in [1.82, 2.24) is 0 Å². The van der Waals surface area contributed by atoms with Crippen LogP contribution < -0.4 is 0 Å². The molecule has 0 unspecified atom stereocenters. The average Bonchev–Trinajstić information content (AvgIpc) is 2.51. The van der Waals surface area contributed by atoms with Crippen LogP contribution in [0.3, 0.4) is 0 Å². The Morgan fingerprint density at radius 2 is 0.931 bits per heavy atom. The third-order valence-electron chi connectivity index (χ3n) is 4.30. The van der Waals surface area contributed by atoms with E-state index in [-0.39, 0.29) is 17.6 Å². The minimum absolute atomic E-state index is 0.143. The molecule has 0 N–H and O–H groups in total. The first-order chi connectivity index (χ1) is 13.1. The van der Waals surface area contributed by atoms with Gasteiger partial charge in [-0.2, -0.15) is 0 Å². The highest BCUT2D eigenvalue weighted by molar-refractivity contribution is 6.51. The van der Waals surface area contributed by atoms with Crippen LogP contribution >= 0.6 is 46.4 Å². The van der Waals surface area contributed by atoms with Crippen molar-refractivity contribution in [3.05, 3.63) is 88.1 Å². The van der Waals surface area contributed by atoms with Gasteiger partial charge in [0.15, 0.2) is 0 Å². The molecule has 156 valence electrons. The summed E-state index contributed by atoms with van der Waals surface area (Å²) >= 11 is 23.5. The second-order valence-corrected chi connectivity index (χ2v) is 8.78. The highest BCUT2D eigenvalue weighted by Crippen LogP contribution is 2.46. The molecule has 0 aromatic carbocycles. The maximum absolute atomic E-state index is 11.2. The number of halogens is 4. The quantitative estimate of drug-likeness (QED) is 0.236. The predicted molar refractivity (Wildman–Crippen MR) is 101 cm³/mol. The van der Waals surface area contributed by atoms with E-state index in [1.165, 1.54) is 0 Å². The van der Waals surface area contributed by atoms with Gasteiger partial charge in [-0.3, -0.25) is 40.5 Å². The first-order valence-corrected chi connectivity index (χ1v) is 8.81. The van der Waals surface area contributed by atoms with Gasteiger partial charge in [0.25, 0.3) is 8.67 Å². The second kappa shape index (κ2) is 7.20. The summed E-state index contributed by atoms with van der Waals surface area (Å²) in [5.41, 5.74) is -5.79. The minimum atomic E-state index is -3.04. The van der Waals surface area contributed by atoms with Crippen LogP contribution in [0.1, 0.15) is 6.42 Å². The van der Waals surface area contributed by atoms with E-state index < -0.39 is 39.7 Å². The Balaban J connectivity index is 2.41. The first kappa shape index (κ1) is 23.0. The Labute approximate surface area is 180 Å². The molecule has 0 saturated carbocycles. The van der Waals surface area contributed by atoms with Crippen LogP contribution in [0.2, 0.25) is 0 Å². The molecule has 0 saturated heterocycles. The molecule has 0 aromatic heterocycles. The molecule has 0 atom stereocenters. The summed E-state index contributed by atoms with van der Waals surface area (Å²) in [6.45, 7) is 0. The zero-order chi connectivity index (χ0) is 22.4. The summed E-state index contributed by atoms with van der Waals surface area (Å²) in [7, 11) is 0. The van der Waals surface area contributed by atoms with Crippen LogP contribution in [0.4, 0.5) is 0 Å². The molecule has 0 aromatic rings. The summed E-state index contributed by atoms with van der Waals surface area (Å²) < 4.78 is -5.15. The fourth-order valence-electron chi connectivity index (χ4n) is 2.76. The highest BCUT2D eigenvalue weighted by Gasteiger charge is 2.71. The van der Waals surface area contributed by atoms with Crippen molar-refractivity contribution in [2.45, 2.75) is 26.4 Å². The lowest BCUT2D eigenvalue weighted by Crippen LogP contribution is -2.58. The SMILES string of the molecule is O=[N+]([O-])C1([N+](=O)[O-])C=CC(CC2=CC(Cl)(Cl)C([N+](=O)[O-])([N+](=O)[O-])C=C2)=CC1(Cl)Cl. The fraction of sp³-hybridized carbons (Fsp3) is 0.385. The Morgan fingerprint density at radius 3 is 1.14 bits per heavy atom. The molecule has 0 aliphatic heterocycles. The standard InChI is InChI=1S/C13H8Cl4N4O8/c14-10(15)6-8(1-3-12(10,18(22)23)19(24)25)5-9-2-4-13(20(26)27,21(28)29)11(16,17)7-9/h1-4,6-7H,5H2. The van der Waals surface area contributed by atoms with Crippen LogP contribution in [0.15, 0.2) is 47.6 Å². The number of nitro groups is 4. The fourth-order valence-corrected chi connectivity index (χ4v) is 4.13. The lowest BCUT2D eigenvalue weighted by Gasteiger charge is -2.28. The van der Waals surface area contributed by atoms with E-state index in [1.807, 2.05) is 0 Å². The normalized spacial score (nSPS) is 22.9. The highest BCUT2D eigenvalue weighted by atomic mass is 35.5. The summed E-state index contributed by atoms with van der Waals surface area (Å²) in [5, 5.41) is 45.0. The average molecular weight is 490 g/mol. The molecule has 2 aliphatic carbocycles. The molecule has 2 rings (SSSR count). The summed E-state index contributed by atoms with van der Waals surface area (Å²) in [5.74, 6) is 0. The second-order valence-electron chi connectivity index (χ2n) is 6.01. The first-order valence-electron chi connectivity index (χ1n) is 7.29. The largest absolute Gasteiger partial charge is 0.513 e. The predicted octanol–water partition coefficient (Wildman–Crippen LogP) is 3.22. The Hall–Kier alpha value is -2.28. The van der Waals surface area contributed by atoms with Crippen molar-refractivity contribution in [3.8, 4) is 0 Å². The number of alkyl halides is 4. The van der Waals surface area contributed by atoms with E-state index in [0.29, 0.717) is 12.2 Å². The van der Waals surface area contributed by atoms with Gasteiger partial charge in [-0.25, -0.2) is 0 Å². The van der Waals surface area contributed by atoms with E-state index in [9.17, 15) is 40.5 Å². The molecule has 29 heavy (non-hydrogen) atoms. The monoisotopic (exact) mass is 488 g/mol. The van der Waals surface area contributed by atoms with Crippen LogP contribution in [-0.4, -0.2) is 39.7 Å². The Bertz CT molecular complexity index is 837. The topological polar surface area (TPSA) is 173 Å². The van der Waals surface area contributed by atoms with E-state index in [4.69, 9.17) is 46.4 Å². The number of allylic oxidation sites excluding steroid dienone is 4. The van der Waals surface area contributed by atoms with Crippen molar-refractivity contribution in [1.29, 1.82) is 0 Å². The van der Waals surface area contributed by atoms with Crippen molar-refractivity contribution < 1.29 is 19.7 Å². The van der Waals surface area contributed by atoms with Gasteiger partial charge in [0.1, 0.15) is 19.7 Å². The van der Waals surface area contributed by atoms with Gasteiger partial charge in [-0.15, -0.1) is 0 Å². The zero-order valence-electron chi connectivity index (χ0n) is 13.7. The molecular weight excluding hydrogens is 482 g/mol. The van der Waals surface area contributed by atoms with Crippen LogP contribution in [-0.2, 0) is 0 Å². The third kappa shape index (κ3) is 3.35. The molecule has 0 spiro atoms. The molecule has 12 nitrogen and oxygen atoms in total. The van der Waals surface area contributed by atoms with Crippen molar-refractivity contribution in [2.24, 2.45) is 0 Å². The number of hydrogen-bond donors (Lipinski definition) is 0. The van der Waals surface area contributed by atoms with Crippen molar-refractivity contribution >= 4 is 46.4 Å². The molecule has 0 fully saturated rings. The molecule has 16 heteroatoms. The molecular formula is C13H8Cl4N4O8. The van der Waals surface area contributed by atoms with Gasteiger partial charge < -0.3 is 0 Å². The van der Waals surface area contributed by atoms with Gasteiger partial charge in [0.05, 0.1) is 12.2 Å². The molecule has 0 heterocycles. The number of rotatable bonds is 6. The van der Waals surface area contributed by atoms with Gasteiger partial charge in [-0.1, -0.05) is 46.4 Å². The minimum Gasteiger partial charge on any atom is -0.258 e. The number of nitrogens with zero attached hydrogens (tertiary/aromatic N) is 4. The smallest absolute Gasteiger partial charge is 0.258 e. The van der Waals surface area contributed by atoms with Crippen LogP contribution in [0, 0.1) is 40.5 Å². The number of hydrogen-bond acceptors (Lipinski definition) is 8. The van der Waals surface area contributed by atoms with E-state index >= 15 is 0 Å². The van der Waals surface area contributed by atoms with Crippen LogP contribution in [0.5, 0.6) is 0 Å². The van der Waals surface area contributed by atoms with Crippen molar-refractivity contribution in [3.63, 3.8) is 0 Å². The van der Waals surface area contributed by atoms with E-state index in [0.717, 1.165) is 24.3 Å². The lowest BCUT2D eigenvalue weighted by atomic mass is 9.89. The molecule has 0 amide bonds.